The number of anilines is 1. The van der Waals surface area contributed by atoms with E-state index in [0.717, 1.165) is 16.5 Å². The summed E-state index contributed by atoms with van der Waals surface area (Å²) in [5, 5.41) is 7.83. The van der Waals surface area contributed by atoms with E-state index >= 15 is 0 Å². The lowest BCUT2D eigenvalue weighted by Gasteiger charge is -2.08. The molecule has 136 valence electrons. The lowest BCUT2D eigenvalue weighted by atomic mass is 10.1. The molecule has 2 aromatic rings. The van der Waals surface area contributed by atoms with Crippen LogP contribution >= 0.6 is 11.8 Å². The van der Waals surface area contributed by atoms with Crippen molar-refractivity contribution in [2.75, 3.05) is 19.0 Å². The highest BCUT2D eigenvalue weighted by Crippen LogP contribution is 2.24. The topological polar surface area (TPSA) is 79.8 Å². The Kier molecular flexibility index (Phi) is 5.90. The van der Waals surface area contributed by atoms with Gasteiger partial charge in [0, 0.05) is 19.2 Å². The van der Waals surface area contributed by atoms with Crippen LogP contribution in [0.2, 0.25) is 0 Å². The van der Waals surface area contributed by atoms with Crippen molar-refractivity contribution in [1.82, 2.24) is 5.32 Å². The third-order valence-corrected chi connectivity index (χ3v) is 5.02. The number of hydrogen-bond donors (Lipinski definition) is 2. The van der Waals surface area contributed by atoms with Crippen molar-refractivity contribution in [2.24, 2.45) is 4.99 Å². The van der Waals surface area contributed by atoms with Gasteiger partial charge >= 0.3 is 0 Å². The number of aliphatic imine (C=N–C) groups is 1. The molecule has 0 spiro atoms. The van der Waals surface area contributed by atoms with Crippen molar-refractivity contribution in [3.05, 3.63) is 42.5 Å². The van der Waals surface area contributed by atoms with Gasteiger partial charge in [0.15, 0.2) is 5.17 Å². The maximum Gasteiger partial charge on any atom is 0.240 e. The van der Waals surface area contributed by atoms with Crippen LogP contribution in [0.1, 0.15) is 13.3 Å². The molecular formula is C19H21N3O3S. The zero-order chi connectivity index (χ0) is 18.5. The largest absolute Gasteiger partial charge is 0.382 e. The quantitative estimate of drug-likeness (QED) is 0.818. The van der Waals surface area contributed by atoms with Crippen LogP contribution in [0.25, 0.3) is 10.8 Å². The third kappa shape index (κ3) is 4.62. The van der Waals surface area contributed by atoms with Gasteiger partial charge in [-0.05, 0) is 29.8 Å². The summed E-state index contributed by atoms with van der Waals surface area (Å²) in [4.78, 5) is 28.8. The molecule has 1 aliphatic rings. The van der Waals surface area contributed by atoms with E-state index < -0.39 is 5.25 Å². The molecule has 0 radical (unpaired) electrons. The van der Waals surface area contributed by atoms with E-state index in [0.29, 0.717) is 11.8 Å². The minimum Gasteiger partial charge on any atom is -0.382 e. The molecule has 2 N–H and O–H groups in total. The van der Waals surface area contributed by atoms with Crippen molar-refractivity contribution in [1.29, 1.82) is 0 Å². The third-order valence-electron chi connectivity index (χ3n) is 3.93. The fourth-order valence-corrected chi connectivity index (χ4v) is 3.80. The summed E-state index contributed by atoms with van der Waals surface area (Å²) in [5.41, 5.74) is 0.722. The molecule has 0 aliphatic carbocycles. The number of hydrogen-bond acceptors (Lipinski definition) is 5. The average Bonchev–Trinajstić information content (AvgIpc) is 2.93. The zero-order valence-corrected chi connectivity index (χ0v) is 15.5. The van der Waals surface area contributed by atoms with Gasteiger partial charge in [-0.3, -0.25) is 14.6 Å². The molecule has 2 amide bonds. The summed E-state index contributed by atoms with van der Waals surface area (Å²) in [6.07, 6.45) is 0.0982. The fourth-order valence-electron chi connectivity index (χ4n) is 2.73. The second kappa shape index (κ2) is 8.33. The van der Waals surface area contributed by atoms with Crippen LogP contribution in [0.4, 0.5) is 5.69 Å². The van der Waals surface area contributed by atoms with E-state index in [1.807, 2.05) is 49.4 Å². The van der Waals surface area contributed by atoms with Gasteiger partial charge in [-0.1, -0.05) is 42.1 Å². The van der Waals surface area contributed by atoms with Crippen LogP contribution in [0.3, 0.4) is 0 Å². The predicted molar refractivity (Wildman–Crippen MR) is 105 cm³/mol. The summed E-state index contributed by atoms with van der Waals surface area (Å²) in [6.45, 7) is 2.38. The maximum absolute atomic E-state index is 12.3. The highest BCUT2D eigenvalue weighted by Gasteiger charge is 2.32. The molecule has 6 nitrogen and oxygen atoms in total. The molecular weight excluding hydrogens is 350 g/mol. The predicted octanol–water partition coefficient (Wildman–Crippen LogP) is 2.79. The van der Waals surface area contributed by atoms with E-state index in [4.69, 9.17) is 4.74 Å². The van der Waals surface area contributed by atoms with E-state index in [2.05, 4.69) is 15.6 Å². The van der Waals surface area contributed by atoms with Gasteiger partial charge in [0.25, 0.3) is 0 Å². The van der Waals surface area contributed by atoms with E-state index in [1.165, 1.54) is 11.8 Å². The van der Waals surface area contributed by atoms with Crippen molar-refractivity contribution in [2.45, 2.75) is 24.6 Å². The Balaban J connectivity index is 1.59. The normalized spacial score (nSPS) is 19.5. The van der Waals surface area contributed by atoms with Crippen LogP contribution in [-0.2, 0) is 14.3 Å². The average molecular weight is 371 g/mol. The number of methoxy groups -OCH3 is 1. The highest BCUT2D eigenvalue weighted by molar-refractivity contribution is 8.15. The molecule has 0 bridgehead atoms. The summed E-state index contributed by atoms with van der Waals surface area (Å²) in [6, 6.07) is 13.6. The van der Waals surface area contributed by atoms with Gasteiger partial charge in [0.05, 0.1) is 12.6 Å². The Hall–Kier alpha value is -2.38. The standard InChI is InChI=1S/C19H21N3O3S/c1-12(11-25-2)20-19-22-18(24)16(26-19)10-17(23)21-15-8-7-13-5-3-4-6-14(13)9-15/h3-9,12,16H,10-11H2,1-2H3,(H,21,23)(H,20,22,24). The minimum absolute atomic E-state index is 0.0482. The number of carbonyl (C=O) groups is 2. The van der Waals surface area contributed by atoms with Crippen LogP contribution < -0.4 is 10.6 Å². The monoisotopic (exact) mass is 371 g/mol. The number of nitrogens with zero attached hydrogens (tertiary/aromatic N) is 1. The van der Waals surface area contributed by atoms with Gasteiger partial charge in [0.1, 0.15) is 5.25 Å². The molecule has 26 heavy (non-hydrogen) atoms. The summed E-state index contributed by atoms with van der Waals surface area (Å²) in [5.74, 6) is -0.383. The minimum atomic E-state index is -0.469. The molecule has 1 fully saturated rings. The first-order valence-electron chi connectivity index (χ1n) is 8.38. The first kappa shape index (κ1) is 18.4. The number of fused-ring (bicyclic) bond motifs is 1. The van der Waals surface area contributed by atoms with Crippen molar-refractivity contribution in [3.8, 4) is 0 Å². The number of rotatable bonds is 6. The number of thioether (sulfide) groups is 1. The van der Waals surface area contributed by atoms with Gasteiger partial charge in [-0.15, -0.1) is 0 Å². The Morgan fingerprint density at radius 3 is 2.85 bits per heavy atom. The Morgan fingerprint density at radius 2 is 2.08 bits per heavy atom. The van der Waals surface area contributed by atoms with Crippen LogP contribution in [-0.4, -0.2) is 42.0 Å². The first-order chi connectivity index (χ1) is 12.5. The Bertz CT molecular complexity index is 853. The van der Waals surface area contributed by atoms with Crippen molar-refractivity contribution >= 4 is 45.2 Å². The van der Waals surface area contributed by atoms with Crippen molar-refractivity contribution < 1.29 is 14.3 Å². The van der Waals surface area contributed by atoms with E-state index in [-0.39, 0.29) is 24.3 Å². The zero-order valence-electron chi connectivity index (χ0n) is 14.7. The van der Waals surface area contributed by atoms with Crippen LogP contribution in [0.5, 0.6) is 0 Å². The molecule has 2 unspecified atom stereocenters. The van der Waals surface area contributed by atoms with Crippen molar-refractivity contribution in [3.63, 3.8) is 0 Å². The van der Waals surface area contributed by atoms with Gasteiger partial charge in [-0.2, -0.15) is 0 Å². The van der Waals surface area contributed by atoms with Gasteiger partial charge in [0.2, 0.25) is 11.8 Å². The molecule has 3 rings (SSSR count). The van der Waals surface area contributed by atoms with E-state index in [9.17, 15) is 9.59 Å². The lowest BCUT2D eigenvalue weighted by molar-refractivity contribution is -0.122. The molecule has 1 saturated heterocycles. The summed E-state index contributed by atoms with van der Waals surface area (Å²) >= 11 is 1.29. The van der Waals surface area contributed by atoms with Gasteiger partial charge < -0.3 is 15.4 Å². The van der Waals surface area contributed by atoms with Crippen LogP contribution in [0.15, 0.2) is 47.5 Å². The Labute approximate surface area is 156 Å². The second-order valence-electron chi connectivity index (χ2n) is 6.15. The highest BCUT2D eigenvalue weighted by atomic mass is 32.2. The number of benzene rings is 2. The number of ether oxygens (including phenoxy) is 1. The number of amidine groups is 1. The number of nitrogens with one attached hydrogen (secondary N) is 2. The van der Waals surface area contributed by atoms with Gasteiger partial charge in [-0.25, -0.2) is 0 Å². The Morgan fingerprint density at radius 1 is 1.31 bits per heavy atom. The summed E-state index contributed by atoms with van der Waals surface area (Å²) < 4.78 is 5.04. The SMILES string of the molecule is COCC(C)N=C1NC(=O)C(CC(=O)Nc2ccc3ccccc3c2)S1. The maximum atomic E-state index is 12.3. The molecule has 0 saturated carbocycles. The van der Waals surface area contributed by atoms with Crippen LogP contribution in [0, 0.1) is 0 Å². The molecule has 1 aliphatic heterocycles. The lowest BCUT2D eigenvalue weighted by Crippen LogP contribution is -2.28. The second-order valence-corrected chi connectivity index (χ2v) is 7.34. The molecule has 2 atom stereocenters. The van der Waals surface area contributed by atoms with E-state index in [1.54, 1.807) is 7.11 Å². The summed E-state index contributed by atoms with van der Waals surface area (Å²) in [7, 11) is 1.61. The fraction of sp³-hybridized carbons (Fsp3) is 0.316. The molecule has 1 heterocycles. The number of amides is 2. The molecule has 2 aromatic carbocycles. The molecule has 7 heteroatoms. The molecule has 0 aromatic heterocycles. The first-order valence-corrected chi connectivity index (χ1v) is 9.26. The smallest absolute Gasteiger partial charge is 0.240 e. The number of carbonyl (C=O) groups excluding carboxylic acids is 2.